The number of carbonyl (C=O) groups is 2. The molecule has 37 heavy (non-hydrogen) atoms. The Labute approximate surface area is 225 Å². The summed E-state index contributed by atoms with van der Waals surface area (Å²) in [5.41, 5.74) is 3.53. The number of carbonyl (C=O) groups excluding carboxylic acids is 2. The second-order valence-electron chi connectivity index (χ2n) is 10.3. The first-order valence-electron chi connectivity index (χ1n) is 12.4. The van der Waals surface area contributed by atoms with Crippen molar-refractivity contribution < 1.29 is 9.59 Å². The van der Waals surface area contributed by atoms with Crippen molar-refractivity contribution in [1.82, 2.24) is 14.8 Å². The molecule has 1 atom stereocenters. The topological polar surface area (TPSA) is 113 Å². The highest BCUT2D eigenvalue weighted by atomic mass is 32.2. The minimum Gasteiger partial charge on any atom is -0.326 e. The Kier molecular flexibility index (Phi) is 8.05. The lowest BCUT2D eigenvalue weighted by molar-refractivity contribution is -0.114. The van der Waals surface area contributed by atoms with Crippen molar-refractivity contribution in [2.24, 2.45) is 11.3 Å². The van der Waals surface area contributed by atoms with Crippen LogP contribution in [0.4, 0.5) is 10.7 Å². The molecule has 0 fully saturated rings. The van der Waals surface area contributed by atoms with Crippen LogP contribution in [-0.2, 0) is 29.0 Å². The van der Waals surface area contributed by atoms with E-state index < -0.39 is 0 Å². The van der Waals surface area contributed by atoms with Crippen LogP contribution in [0.15, 0.2) is 29.4 Å². The third-order valence-corrected chi connectivity index (χ3v) is 8.82. The van der Waals surface area contributed by atoms with Crippen molar-refractivity contribution in [3.05, 3.63) is 40.3 Å². The van der Waals surface area contributed by atoms with E-state index in [9.17, 15) is 14.9 Å². The zero-order valence-electron chi connectivity index (χ0n) is 21.8. The molecule has 0 aliphatic heterocycles. The molecule has 3 aromatic rings. The number of fused-ring (bicyclic) bond motifs is 1. The number of hydrogen-bond acceptors (Lipinski definition) is 7. The van der Waals surface area contributed by atoms with Crippen LogP contribution in [0.25, 0.3) is 11.4 Å². The maximum Gasteiger partial charge on any atom is 0.235 e. The molecule has 0 saturated heterocycles. The van der Waals surface area contributed by atoms with E-state index in [4.69, 9.17) is 0 Å². The van der Waals surface area contributed by atoms with E-state index in [1.54, 1.807) is 11.3 Å². The lowest BCUT2D eigenvalue weighted by Crippen LogP contribution is -2.26. The van der Waals surface area contributed by atoms with Gasteiger partial charge in [0.15, 0.2) is 11.0 Å². The summed E-state index contributed by atoms with van der Waals surface area (Å²) in [5, 5.41) is 25.5. The van der Waals surface area contributed by atoms with Crippen LogP contribution in [0.3, 0.4) is 0 Å². The lowest BCUT2D eigenvalue weighted by atomic mass is 9.72. The van der Waals surface area contributed by atoms with Gasteiger partial charge in [-0.2, -0.15) is 5.26 Å². The fourth-order valence-electron chi connectivity index (χ4n) is 4.62. The Bertz CT molecular complexity index is 1340. The van der Waals surface area contributed by atoms with Crippen LogP contribution in [0.2, 0.25) is 0 Å². The molecule has 10 heteroatoms. The molecule has 0 bridgehead atoms. The fourth-order valence-corrected chi connectivity index (χ4v) is 6.72. The number of aromatic nitrogens is 3. The van der Waals surface area contributed by atoms with E-state index in [0.29, 0.717) is 39.7 Å². The average Bonchev–Trinajstić information content (AvgIpc) is 3.41. The van der Waals surface area contributed by atoms with Crippen molar-refractivity contribution in [3.63, 3.8) is 0 Å². The fraction of sp³-hybridized carbons (Fsp3) is 0.444. The smallest absolute Gasteiger partial charge is 0.235 e. The predicted molar refractivity (Wildman–Crippen MR) is 149 cm³/mol. The lowest BCUT2D eigenvalue weighted by Gasteiger charge is -2.33. The van der Waals surface area contributed by atoms with Gasteiger partial charge in [-0.25, -0.2) is 0 Å². The molecule has 2 N–H and O–H groups in total. The molecular formula is C27H32N6O2S2. The zero-order valence-corrected chi connectivity index (χ0v) is 23.5. The number of nitriles is 1. The van der Waals surface area contributed by atoms with Crippen LogP contribution in [0.5, 0.6) is 0 Å². The molecular weight excluding hydrogens is 504 g/mol. The molecule has 0 saturated carbocycles. The first-order valence-corrected chi connectivity index (χ1v) is 14.2. The minimum absolute atomic E-state index is 0.125. The summed E-state index contributed by atoms with van der Waals surface area (Å²) in [5.74, 6) is 1.14. The highest BCUT2D eigenvalue weighted by Gasteiger charge is 2.32. The van der Waals surface area contributed by atoms with Crippen molar-refractivity contribution in [2.45, 2.75) is 65.6 Å². The first kappa shape index (κ1) is 26.9. The summed E-state index contributed by atoms with van der Waals surface area (Å²) in [6.07, 6.45) is 2.91. The second-order valence-corrected chi connectivity index (χ2v) is 12.3. The first-order chi connectivity index (χ1) is 17.6. The second kappa shape index (κ2) is 11.1. The normalized spacial score (nSPS) is 15.1. The predicted octanol–water partition coefficient (Wildman–Crippen LogP) is 5.74. The number of nitrogens with one attached hydrogen (secondary N) is 2. The Hall–Kier alpha value is -3.16. The number of thiophene rings is 1. The zero-order chi connectivity index (χ0) is 26.7. The molecule has 194 valence electrons. The molecule has 0 radical (unpaired) electrons. The van der Waals surface area contributed by atoms with Gasteiger partial charge in [-0.1, -0.05) is 32.5 Å². The number of thioether (sulfide) groups is 1. The minimum atomic E-state index is -0.167. The van der Waals surface area contributed by atoms with Gasteiger partial charge in [0, 0.05) is 29.6 Å². The highest BCUT2D eigenvalue weighted by Crippen LogP contribution is 2.44. The van der Waals surface area contributed by atoms with E-state index in [-0.39, 0.29) is 23.0 Å². The van der Waals surface area contributed by atoms with Gasteiger partial charge in [0.05, 0.1) is 11.3 Å². The number of hydrogen-bond donors (Lipinski definition) is 2. The summed E-state index contributed by atoms with van der Waals surface area (Å²) < 4.78 is 1.96. The number of rotatable bonds is 7. The molecule has 1 aliphatic rings. The van der Waals surface area contributed by atoms with Crippen LogP contribution in [0.1, 0.15) is 57.0 Å². The van der Waals surface area contributed by atoms with Gasteiger partial charge < -0.3 is 15.2 Å². The maximum atomic E-state index is 12.9. The molecule has 4 rings (SSSR count). The monoisotopic (exact) mass is 536 g/mol. The Balaban J connectivity index is 1.43. The highest BCUT2D eigenvalue weighted by molar-refractivity contribution is 7.99. The molecule has 2 aromatic heterocycles. The number of nitrogens with zero attached hydrogens (tertiary/aromatic N) is 4. The Morgan fingerprint density at radius 3 is 2.57 bits per heavy atom. The number of amides is 2. The quantitative estimate of drug-likeness (QED) is 0.373. The largest absolute Gasteiger partial charge is 0.326 e. The molecule has 2 heterocycles. The van der Waals surface area contributed by atoms with Crippen molar-refractivity contribution in [1.29, 1.82) is 5.26 Å². The van der Waals surface area contributed by atoms with E-state index >= 15 is 0 Å². The molecule has 0 spiro atoms. The average molecular weight is 537 g/mol. The summed E-state index contributed by atoms with van der Waals surface area (Å²) in [6, 6.07) is 9.74. The number of anilines is 2. The number of benzene rings is 1. The van der Waals surface area contributed by atoms with Gasteiger partial charge in [-0.05, 0) is 67.3 Å². The SMILES string of the molecule is CCn1c(SCC(=O)Nc2sc3c(c2C#N)CC[C@H](C(C)(C)C)C3)nnc1-c1ccc(NC(C)=O)cc1. The Morgan fingerprint density at radius 1 is 1.22 bits per heavy atom. The van der Waals surface area contributed by atoms with Crippen LogP contribution in [0, 0.1) is 22.7 Å². The summed E-state index contributed by atoms with van der Waals surface area (Å²) in [7, 11) is 0. The summed E-state index contributed by atoms with van der Waals surface area (Å²) in [4.78, 5) is 25.4. The van der Waals surface area contributed by atoms with Gasteiger partial charge in [0.25, 0.3) is 0 Å². The third kappa shape index (κ3) is 6.05. The van der Waals surface area contributed by atoms with E-state index in [2.05, 4.69) is 47.7 Å². The molecule has 8 nitrogen and oxygen atoms in total. The molecule has 1 aliphatic carbocycles. The van der Waals surface area contributed by atoms with E-state index in [0.717, 1.165) is 30.4 Å². The van der Waals surface area contributed by atoms with Crippen molar-refractivity contribution in [3.8, 4) is 17.5 Å². The van der Waals surface area contributed by atoms with Gasteiger partial charge in [0.1, 0.15) is 11.1 Å². The van der Waals surface area contributed by atoms with Gasteiger partial charge >= 0.3 is 0 Å². The van der Waals surface area contributed by atoms with E-state index in [1.165, 1.54) is 23.6 Å². The summed E-state index contributed by atoms with van der Waals surface area (Å²) in [6.45, 7) is 10.9. The Morgan fingerprint density at radius 2 is 1.95 bits per heavy atom. The van der Waals surface area contributed by atoms with Gasteiger partial charge in [0.2, 0.25) is 11.8 Å². The molecule has 0 unspecified atom stereocenters. The van der Waals surface area contributed by atoms with Crippen molar-refractivity contribution >= 4 is 45.6 Å². The van der Waals surface area contributed by atoms with Crippen LogP contribution in [-0.4, -0.2) is 32.3 Å². The van der Waals surface area contributed by atoms with E-state index in [1.807, 2.05) is 35.8 Å². The third-order valence-electron chi connectivity index (χ3n) is 6.68. The molecule has 2 amide bonds. The van der Waals surface area contributed by atoms with Crippen LogP contribution < -0.4 is 10.6 Å². The van der Waals surface area contributed by atoms with Crippen LogP contribution >= 0.6 is 23.1 Å². The summed E-state index contributed by atoms with van der Waals surface area (Å²) >= 11 is 2.87. The standard InChI is InChI=1S/C27H32N6O2S2/c1-6-33-24(17-7-10-19(11-8-17)29-16(2)34)31-32-26(33)36-15-23(35)30-25-21(14-28)20-12-9-18(27(3,4)5)13-22(20)37-25/h7-8,10-11,18H,6,9,12-13,15H2,1-5H3,(H,29,34)(H,30,35)/t18-/m0/s1. The van der Waals surface area contributed by atoms with Crippen molar-refractivity contribution in [2.75, 3.05) is 16.4 Å². The maximum absolute atomic E-state index is 12.9. The molecule has 1 aromatic carbocycles. The van der Waals surface area contributed by atoms with Gasteiger partial charge in [-0.3, -0.25) is 9.59 Å². The van der Waals surface area contributed by atoms with Gasteiger partial charge in [-0.15, -0.1) is 21.5 Å².